The number of carbonyl (C=O) groups is 4. The van der Waals surface area contributed by atoms with Gasteiger partial charge < -0.3 is 25.7 Å². The molecule has 2 atom stereocenters. The molecule has 0 bridgehead atoms. The number of hydrogen-bond acceptors (Lipinski definition) is 11. The van der Waals surface area contributed by atoms with Gasteiger partial charge in [-0.3, -0.25) is 14.5 Å². The Balaban J connectivity index is 1.32. The number of β-lactam (4-membered cyclic amide) rings is 1. The molecule has 220 valence electrons. The number of aromatic nitrogens is 3. The van der Waals surface area contributed by atoms with Gasteiger partial charge >= 0.3 is 11.9 Å². The molecule has 42 heavy (non-hydrogen) atoms. The maximum absolute atomic E-state index is 13.3. The highest BCUT2D eigenvalue weighted by Gasteiger charge is 2.54. The molecule has 5 heterocycles. The Bertz CT molecular complexity index is 1640. The van der Waals surface area contributed by atoms with Gasteiger partial charge in [-0.1, -0.05) is 11.2 Å². The highest BCUT2D eigenvalue weighted by molar-refractivity contribution is 8.00. The lowest BCUT2D eigenvalue weighted by Crippen LogP contribution is -2.71. The van der Waals surface area contributed by atoms with Crippen molar-refractivity contribution in [2.45, 2.75) is 44.3 Å². The molecule has 4 N–H and O–H groups in total. The first-order chi connectivity index (χ1) is 19.9. The highest BCUT2D eigenvalue weighted by Crippen LogP contribution is 2.40. The van der Waals surface area contributed by atoms with Crippen LogP contribution in [0.4, 0.5) is 5.13 Å². The molecule has 3 aromatic heterocycles. The summed E-state index contributed by atoms with van der Waals surface area (Å²) in [4.78, 5) is 61.2. The highest BCUT2D eigenvalue weighted by atomic mass is 32.2. The fraction of sp³-hybridized carbons (Fsp3) is 0.346. The Kier molecular flexibility index (Phi) is 7.92. The molecule has 3 aromatic rings. The number of rotatable bonds is 9. The van der Waals surface area contributed by atoms with Crippen molar-refractivity contribution in [2.75, 3.05) is 18.1 Å². The normalized spacial score (nSPS) is 18.9. The zero-order valence-corrected chi connectivity index (χ0v) is 24.5. The van der Waals surface area contributed by atoms with Crippen LogP contribution in [0.1, 0.15) is 26.5 Å². The van der Waals surface area contributed by atoms with Crippen LogP contribution in [-0.4, -0.2) is 78.2 Å². The van der Waals surface area contributed by atoms with Crippen molar-refractivity contribution in [1.29, 1.82) is 0 Å². The number of carboxylic acids is 1. The number of thioether (sulfide) groups is 1. The van der Waals surface area contributed by atoms with Crippen molar-refractivity contribution >= 4 is 63.3 Å². The molecule has 5 rings (SSSR count). The summed E-state index contributed by atoms with van der Waals surface area (Å²) in [5.41, 5.74) is 6.11. The quantitative estimate of drug-likeness (QED) is 0.102. The molecule has 0 unspecified atom stereocenters. The Hall–Kier alpha value is -4.44. The molecule has 1 saturated heterocycles. The Morgan fingerprint density at radius 3 is 2.76 bits per heavy atom. The smallest absolute Gasteiger partial charge is 0.352 e. The molecule has 1 fully saturated rings. The van der Waals surface area contributed by atoms with Gasteiger partial charge in [0.2, 0.25) is 6.61 Å². The van der Waals surface area contributed by atoms with E-state index in [0.29, 0.717) is 11.3 Å². The average Bonchev–Trinajstić information content (AvgIpc) is 3.54. The van der Waals surface area contributed by atoms with E-state index in [1.807, 2.05) is 45.8 Å². The SMILES string of the molecule is CC(C)(C)OC(=O)CO/N=C(/C(=O)N[C@@H]1C(=O)N2C(C(=O)O)=C(C[n+]3ccn4ccccc43)CS[C@H]12)c1csc(N)n1. The van der Waals surface area contributed by atoms with E-state index in [9.17, 15) is 24.3 Å². The molecule has 16 heteroatoms. The van der Waals surface area contributed by atoms with Crippen molar-refractivity contribution in [3.8, 4) is 0 Å². The van der Waals surface area contributed by atoms with E-state index in [2.05, 4.69) is 15.5 Å². The number of nitrogens with one attached hydrogen (secondary N) is 1. The monoisotopic (exact) mass is 614 g/mol. The molecule has 2 aliphatic rings. The summed E-state index contributed by atoms with van der Waals surface area (Å²) in [5.74, 6) is -2.96. The first-order valence-corrected chi connectivity index (χ1v) is 14.6. The summed E-state index contributed by atoms with van der Waals surface area (Å²) in [5, 5.41) is 17.5. The second-order valence-corrected chi connectivity index (χ2v) is 12.4. The van der Waals surface area contributed by atoms with Gasteiger partial charge in [0.25, 0.3) is 17.5 Å². The first-order valence-electron chi connectivity index (χ1n) is 12.7. The van der Waals surface area contributed by atoms with Crippen LogP contribution >= 0.6 is 23.1 Å². The van der Waals surface area contributed by atoms with Gasteiger partial charge in [0.05, 0.1) is 6.20 Å². The Morgan fingerprint density at radius 1 is 1.29 bits per heavy atom. The first kappa shape index (κ1) is 29.1. The largest absolute Gasteiger partial charge is 0.477 e. The molecule has 0 saturated carbocycles. The standard InChI is InChI=1S/C26H27N7O7S2/c1-26(2,3)40-17(34)11-39-30-18(15-13-42-25(27)28-15)21(35)29-19-22(36)33-20(24(37)38)14(12-41-23(19)33)10-32-9-8-31-7-5-4-6-16(31)32/h4-9,13,19,23H,10-12H2,1-3H3,(H3-,27,28,29,35,37,38)/p+1/b30-18+/t19-,23-/m1/s1. The number of hydrogen-bond donors (Lipinski definition) is 3. The van der Waals surface area contributed by atoms with Crippen LogP contribution in [0, 0.1) is 0 Å². The minimum atomic E-state index is -1.23. The van der Waals surface area contributed by atoms with Gasteiger partial charge in [-0.25, -0.2) is 23.5 Å². The van der Waals surface area contributed by atoms with E-state index in [-0.39, 0.29) is 28.8 Å². The third kappa shape index (κ3) is 5.94. The van der Waals surface area contributed by atoms with Crippen LogP contribution in [0.25, 0.3) is 5.65 Å². The number of thiazole rings is 1. The number of imidazole rings is 1. The second-order valence-electron chi connectivity index (χ2n) is 10.4. The fourth-order valence-electron chi connectivity index (χ4n) is 4.52. The number of nitrogens with two attached hydrogens (primary N) is 1. The van der Waals surface area contributed by atoms with Crippen molar-refractivity contribution in [3.05, 3.63) is 59.1 Å². The van der Waals surface area contributed by atoms with Crippen molar-refractivity contribution in [2.24, 2.45) is 5.16 Å². The van der Waals surface area contributed by atoms with E-state index >= 15 is 0 Å². The minimum Gasteiger partial charge on any atom is -0.477 e. The fourth-order valence-corrected chi connectivity index (χ4v) is 6.40. The molecular formula is C26H28N7O7S2+. The Morgan fingerprint density at radius 2 is 2.07 bits per heavy atom. The van der Waals surface area contributed by atoms with Crippen molar-refractivity contribution in [1.82, 2.24) is 19.6 Å². The van der Waals surface area contributed by atoms with Gasteiger partial charge in [-0.15, -0.1) is 23.1 Å². The number of carbonyl (C=O) groups excluding carboxylic acids is 3. The van der Waals surface area contributed by atoms with Gasteiger partial charge in [0, 0.05) is 22.8 Å². The predicted octanol–water partition coefficient (Wildman–Crippen LogP) is 0.767. The summed E-state index contributed by atoms with van der Waals surface area (Å²) >= 11 is 2.41. The molecule has 2 amide bonds. The molecule has 2 aliphatic heterocycles. The summed E-state index contributed by atoms with van der Waals surface area (Å²) in [6, 6.07) is 4.66. The number of amides is 2. The topological polar surface area (TPSA) is 182 Å². The molecule has 0 aromatic carbocycles. The van der Waals surface area contributed by atoms with Crippen LogP contribution < -0.4 is 15.6 Å². The van der Waals surface area contributed by atoms with Crippen LogP contribution in [0.2, 0.25) is 0 Å². The molecule has 0 spiro atoms. The third-order valence-electron chi connectivity index (χ3n) is 6.20. The van der Waals surface area contributed by atoms with Crippen LogP contribution in [-0.2, 0) is 35.3 Å². The number of oxime groups is 1. The lowest BCUT2D eigenvalue weighted by Gasteiger charge is -2.49. The molecule has 0 radical (unpaired) electrons. The second kappa shape index (κ2) is 11.4. The number of pyridine rings is 1. The summed E-state index contributed by atoms with van der Waals surface area (Å²) in [7, 11) is 0. The Labute approximate surface area is 247 Å². The van der Waals surface area contributed by atoms with E-state index in [4.69, 9.17) is 15.3 Å². The summed E-state index contributed by atoms with van der Waals surface area (Å²) in [6.45, 7) is 4.81. The van der Waals surface area contributed by atoms with Gasteiger partial charge in [0.1, 0.15) is 47.3 Å². The van der Waals surface area contributed by atoms with E-state index in [0.717, 1.165) is 17.0 Å². The van der Waals surface area contributed by atoms with Crippen molar-refractivity contribution in [3.63, 3.8) is 0 Å². The van der Waals surface area contributed by atoms with Crippen molar-refractivity contribution < 1.29 is 38.4 Å². The number of aliphatic carboxylic acids is 1. The van der Waals surface area contributed by atoms with Gasteiger partial charge in [-0.05, 0) is 26.8 Å². The number of nitrogen functional groups attached to an aromatic ring is 1. The van der Waals surface area contributed by atoms with E-state index < -0.39 is 47.4 Å². The lowest BCUT2D eigenvalue weighted by atomic mass is 10.0. The molecule has 14 nitrogen and oxygen atoms in total. The maximum Gasteiger partial charge on any atom is 0.352 e. The minimum absolute atomic E-state index is 0.0874. The predicted molar refractivity (Wildman–Crippen MR) is 152 cm³/mol. The zero-order chi connectivity index (χ0) is 30.2. The maximum atomic E-state index is 13.3. The van der Waals surface area contributed by atoms with Crippen LogP contribution in [0.15, 0.2) is 58.6 Å². The third-order valence-corrected chi connectivity index (χ3v) is 8.22. The molecular weight excluding hydrogens is 586 g/mol. The van der Waals surface area contributed by atoms with E-state index in [1.165, 1.54) is 22.0 Å². The summed E-state index contributed by atoms with van der Waals surface area (Å²) in [6.07, 6.45) is 5.59. The number of fused-ring (bicyclic) bond motifs is 2. The van der Waals surface area contributed by atoms with Gasteiger partial charge in [0.15, 0.2) is 10.8 Å². The van der Waals surface area contributed by atoms with Gasteiger partial charge in [-0.2, -0.15) is 0 Å². The number of ether oxygens (including phenoxy) is 1. The average molecular weight is 615 g/mol. The number of nitrogens with zero attached hydrogens (tertiary/aromatic N) is 5. The number of esters is 1. The number of anilines is 1. The number of carboxylic acid groups (broad SMARTS) is 1. The van der Waals surface area contributed by atoms with Crippen LogP contribution in [0.5, 0.6) is 0 Å². The molecule has 0 aliphatic carbocycles. The summed E-state index contributed by atoms with van der Waals surface area (Å²) < 4.78 is 8.99. The lowest BCUT2D eigenvalue weighted by molar-refractivity contribution is -0.662. The van der Waals surface area contributed by atoms with Crippen LogP contribution in [0.3, 0.4) is 0 Å². The zero-order valence-electron chi connectivity index (χ0n) is 22.8. The van der Waals surface area contributed by atoms with E-state index in [1.54, 1.807) is 20.8 Å².